The molecule has 3 N–H and O–H groups in total. The molecule has 0 spiro atoms. The predicted octanol–water partition coefficient (Wildman–Crippen LogP) is -1.16. The summed E-state index contributed by atoms with van der Waals surface area (Å²) in [4.78, 5) is 36.1. The van der Waals surface area contributed by atoms with Crippen LogP contribution in [0.25, 0.3) is 0 Å². The maximum absolute atomic E-state index is 11.9. The highest BCUT2D eigenvalue weighted by Crippen LogP contribution is 2.20. The highest BCUT2D eigenvalue weighted by molar-refractivity contribution is 6.06. The molecule has 1 heterocycles. The Morgan fingerprint density at radius 3 is 2.62 bits per heavy atom. The van der Waals surface area contributed by atoms with E-state index in [1.54, 1.807) is 20.8 Å². The number of piperazine rings is 1. The fraction of sp³-hybridized carbons (Fsp3) is 0.700. The highest BCUT2D eigenvalue weighted by atomic mass is 16.2. The van der Waals surface area contributed by atoms with E-state index < -0.39 is 23.3 Å². The molecule has 1 unspecified atom stereocenters. The lowest BCUT2D eigenvalue weighted by Gasteiger charge is -2.41. The van der Waals surface area contributed by atoms with Crippen LogP contribution in [-0.2, 0) is 14.4 Å². The van der Waals surface area contributed by atoms with Crippen LogP contribution >= 0.6 is 0 Å². The molecule has 1 rings (SSSR count). The molecule has 0 radical (unpaired) electrons. The summed E-state index contributed by atoms with van der Waals surface area (Å²) >= 11 is 0. The molecular weight excluding hydrogens is 210 g/mol. The van der Waals surface area contributed by atoms with E-state index in [4.69, 9.17) is 5.73 Å². The van der Waals surface area contributed by atoms with E-state index in [1.165, 1.54) is 4.90 Å². The van der Waals surface area contributed by atoms with Crippen LogP contribution < -0.4 is 11.1 Å². The van der Waals surface area contributed by atoms with Gasteiger partial charge < -0.3 is 10.6 Å². The SMILES string of the molecule is CC(CN)C(=O)N1CC(=O)NC(=O)C1(C)C. The summed E-state index contributed by atoms with van der Waals surface area (Å²) < 4.78 is 0. The molecule has 0 saturated carbocycles. The molecule has 6 nitrogen and oxygen atoms in total. The Labute approximate surface area is 94.2 Å². The van der Waals surface area contributed by atoms with Gasteiger partial charge in [-0.1, -0.05) is 6.92 Å². The van der Waals surface area contributed by atoms with Crippen molar-refractivity contribution in [3.8, 4) is 0 Å². The van der Waals surface area contributed by atoms with E-state index in [0.717, 1.165) is 0 Å². The Morgan fingerprint density at radius 1 is 1.56 bits per heavy atom. The van der Waals surface area contributed by atoms with Gasteiger partial charge in [0.25, 0.3) is 5.91 Å². The molecule has 3 amide bonds. The van der Waals surface area contributed by atoms with Crippen LogP contribution in [0.5, 0.6) is 0 Å². The molecule has 0 aromatic carbocycles. The van der Waals surface area contributed by atoms with Crippen LogP contribution in [0.4, 0.5) is 0 Å². The second-order valence-electron chi connectivity index (χ2n) is 4.50. The number of carbonyl (C=O) groups is 3. The van der Waals surface area contributed by atoms with Crippen molar-refractivity contribution in [3.05, 3.63) is 0 Å². The molecule has 90 valence electrons. The second kappa shape index (κ2) is 4.21. The molecule has 0 bridgehead atoms. The molecule has 0 aliphatic carbocycles. The first kappa shape index (κ1) is 12.6. The van der Waals surface area contributed by atoms with Crippen LogP contribution in [0.1, 0.15) is 20.8 Å². The zero-order valence-electron chi connectivity index (χ0n) is 9.74. The van der Waals surface area contributed by atoms with Crippen molar-refractivity contribution in [2.45, 2.75) is 26.3 Å². The van der Waals surface area contributed by atoms with Crippen molar-refractivity contribution in [2.24, 2.45) is 11.7 Å². The molecule has 1 atom stereocenters. The summed E-state index contributed by atoms with van der Waals surface area (Å²) in [6.07, 6.45) is 0. The summed E-state index contributed by atoms with van der Waals surface area (Å²) in [5.74, 6) is -1.57. The molecule has 6 heteroatoms. The van der Waals surface area contributed by atoms with Crippen molar-refractivity contribution in [2.75, 3.05) is 13.1 Å². The van der Waals surface area contributed by atoms with Gasteiger partial charge in [-0.25, -0.2) is 0 Å². The molecule has 1 aliphatic rings. The number of nitrogens with zero attached hydrogens (tertiary/aromatic N) is 1. The maximum Gasteiger partial charge on any atom is 0.252 e. The van der Waals surface area contributed by atoms with E-state index in [1.807, 2.05) is 0 Å². The number of nitrogens with two attached hydrogens (primary N) is 1. The lowest BCUT2D eigenvalue weighted by Crippen LogP contribution is -2.66. The van der Waals surface area contributed by atoms with Gasteiger partial charge in [0, 0.05) is 12.5 Å². The zero-order chi connectivity index (χ0) is 12.5. The van der Waals surface area contributed by atoms with Crippen LogP contribution in [0, 0.1) is 5.92 Å². The Hall–Kier alpha value is -1.43. The summed E-state index contributed by atoms with van der Waals surface area (Å²) in [6.45, 7) is 4.99. The van der Waals surface area contributed by atoms with Crippen molar-refractivity contribution >= 4 is 17.7 Å². The van der Waals surface area contributed by atoms with E-state index in [9.17, 15) is 14.4 Å². The number of carbonyl (C=O) groups excluding carboxylic acids is 3. The molecule has 1 saturated heterocycles. The van der Waals surface area contributed by atoms with E-state index >= 15 is 0 Å². The average Bonchev–Trinajstić information content (AvgIpc) is 2.21. The number of rotatable bonds is 2. The van der Waals surface area contributed by atoms with Crippen LogP contribution in [0.3, 0.4) is 0 Å². The molecule has 1 fully saturated rings. The molecule has 0 aromatic rings. The molecule has 0 aromatic heterocycles. The van der Waals surface area contributed by atoms with Gasteiger partial charge in [-0.15, -0.1) is 0 Å². The van der Waals surface area contributed by atoms with Gasteiger partial charge in [-0.3, -0.25) is 19.7 Å². The average molecular weight is 227 g/mol. The van der Waals surface area contributed by atoms with E-state index in [2.05, 4.69) is 5.32 Å². The van der Waals surface area contributed by atoms with Crippen molar-refractivity contribution < 1.29 is 14.4 Å². The van der Waals surface area contributed by atoms with Gasteiger partial charge in [0.2, 0.25) is 11.8 Å². The first-order valence-electron chi connectivity index (χ1n) is 5.16. The third kappa shape index (κ3) is 2.06. The first-order chi connectivity index (χ1) is 7.30. The number of amides is 3. The third-order valence-corrected chi connectivity index (χ3v) is 2.83. The Kier molecular flexibility index (Phi) is 3.32. The van der Waals surface area contributed by atoms with Gasteiger partial charge in [0.05, 0.1) is 0 Å². The quantitative estimate of drug-likeness (QED) is 0.582. The monoisotopic (exact) mass is 227 g/mol. The van der Waals surface area contributed by atoms with Crippen LogP contribution in [0.15, 0.2) is 0 Å². The fourth-order valence-corrected chi connectivity index (χ4v) is 1.50. The van der Waals surface area contributed by atoms with Crippen molar-refractivity contribution in [1.82, 2.24) is 10.2 Å². The largest absolute Gasteiger partial charge is 0.330 e. The van der Waals surface area contributed by atoms with E-state index in [0.29, 0.717) is 0 Å². The molecular formula is C10H17N3O3. The summed E-state index contributed by atoms with van der Waals surface area (Å²) in [6, 6.07) is 0. The topological polar surface area (TPSA) is 92.5 Å². The van der Waals surface area contributed by atoms with Crippen molar-refractivity contribution in [3.63, 3.8) is 0 Å². The number of hydrogen-bond donors (Lipinski definition) is 2. The number of imide groups is 1. The zero-order valence-corrected chi connectivity index (χ0v) is 9.74. The number of hydrogen-bond acceptors (Lipinski definition) is 4. The predicted molar refractivity (Wildman–Crippen MR) is 57.2 cm³/mol. The minimum atomic E-state index is -1.01. The third-order valence-electron chi connectivity index (χ3n) is 2.83. The minimum absolute atomic E-state index is 0.0953. The second-order valence-corrected chi connectivity index (χ2v) is 4.50. The van der Waals surface area contributed by atoms with Gasteiger partial charge in [-0.05, 0) is 13.8 Å². The standard InChI is InChI=1S/C10H17N3O3/c1-6(4-11)8(15)13-5-7(14)12-9(16)10(13,2)3/h6H,4-5,11H2,1-3H3,(H,12,14,16). The maximum atomic E-state index is 11.9. The van der Waals surface area contributed by atoms with Gasteiger partial charge in [-0.2, -0.15) is 0 Å². The Morgan fingerprint density at radius 2 is 2.12 bits per heavy atom. The first-order valence-corrected chi connectivity index (χ1v) is 5.16. The lowest BCUT2D eigenvalue weighted by atomic mass is 9.96. The van der Waals surface area contributed by atoms with E-state index in [-0.39, 0.29) is 19.0 Å². The van der Waals surface area contributed by atoms with Crippen LogP contribution in [0.2, 0.25) is 0 Å². The molecule has 16 heavy (non-hydrogen) atoms. The Balaban J connectivity index is 2.96. The normalized spacial score (nSPS) is 21.6. The smallest absolute Gasteiger partial charge is 0.252 e. The number of nitrogens with one attached hydrogen (secondary N) is 1. The highest BCUT2D eigenvalue weighted by Gasteiger charge is 2.44. The van der Waals surface area contributed by atoms with Gasteiger partial charge in [0.15, 0.2) is 0 Å². The Bertz CT molecular complexity index is 338. The minimum Gasteiger partial charge on any atom is -0.330 e. The summed E-state index contributed by atoms with van der Waals surface area (Å²) in [5, 5.41) is 2.21. The summed E-state index contributed by atoms with van der Waals surface area (Å²) in [7, 11) is 0. The van der Waals surface area contributed by atoms with Crippen LogP contribution in [-0.4, -0.2) is 41.2 Å². The van der Waals surface area contributed by atoms with Gasteiger partial charge >= 0.3 is 0 Å². The fourth-order valence-electron chi connectivity index (χ4n) is 1.50. The lowest BCUT2D eigenvalue weighted by molar-refractivity contribution is -0.157. The molecule has 1 aliphatic heterocycles. The van der Waals surface area contributed by atoms with Gasteiger partial charge in [0.1, 0.15) is 12.1 Å². The summed E-state index contributed by atoms with van der Waals surface area (Å²) in [5.41, 5.74) is 4.40. The van der Waals surface area contributed by atoms with Crippen molar-refractivity contribution in [1.29, 1.82) is 0 Å².